The summed E-state index contributed by atoms with van der Waals surface area (Å²) in [6, 6.07) is 31.9. The molecular weight excluding hydrogens is 972 g/mol. The van der Waals surface area contributed by atoms with Crippen LogP contribution in [0.15, 0.2) is 109 Å². The van der Waals surface area contributed by atoms with Crippen LogP contribution in [0.25, 0.3) is 21.6 Å². The number of aliphatic hydroxyl groups is 1. The minimum Gasteiger partial charge on any atom is -0.508 e. The SMILES string of the molecule is Cc1ncsc1-c1ccc(CNC(=O)[C@@H]2C[C@@H](O)CN2C(=O)C(NC(=O)CCCCCCCC(=O)N2CCN(CCOc3ccc(C(=C(CCCl)c4ccccc4)c4ccc(O)cc4)cc3)CC2)C(C)(C)C)cc1. The lowest BCUT2D eigenvalue weighted by Gasteiger charge is -2.35. The zero-order valence-electron chi connectivity index (χ0n) is 43.4. The van der Waals surface area contributed by atoms with E-state index in [9.17, 15) is 29.4 Å². The monoisotopic (exact) mass is 1040 g/mol. The minimum absolute atomic E-state index is 0.0199. The van der Waals surface area contributed by atoms with Crippen molar-refractivity contribution in [2.45, 2.75) is 110 Å². The summed E-state index contributed by atoms with van der Waals surface area (Å²) in [7, 11) is 0. The number of likely N-dealkylation sites (tertiary alicyclic amines) is 1. The second kappa shape index (κ2) is 26.9. The Labute approximate surface area is 446 Å². The van der Waals surface area contributed by atoms with Crippen molar-refractivity contribution in [3.05, 3.63) is 137 Å². The van der Waals surface area contributed by atoms with Gasteiger partial charge in [0.25, 0.3) is 0 Å². The Hall–Kier alpha value is -6.06. The molecule has 0 spiro atoms. The van der Waals surface area contributed by atoms with Gasteiger partial charge in [-0.05, 0) is 94.8 Å². The number of allylic oxidation sites excluding steroid dienone is 1. The van der Waals surface area contributed by atoms with Gasteiger partial charge in [0.2, 0.25) is 23.6 Å². The van der Waals surface area contributed by atoms with Crippen LogP contribution >= 0.6 is 22.9 Å². The lowest BCUT2D eigenvalue weighted by Crippen LogP contribution is -2.57. The highest BCUT2D eigenvalue weighted by Crippen LogP contribution is 2.36. The van der Waals surface area contributed by atoms with Crippen molar-refractivity contribution in [3.63, 3.8) is 0 Å². The molecule has 2 aliphatic heterocycles. The van der Waals surface area contributed by atoms with Crippen molar-refractivity contribution in [1.29, 1.82) is 0 Å². The fourth-order valence-corrected chi connectivity index (χ4v) is 10.8. The number of aryl methyl sites for hydroxylation is 1. The van der Waals surface area contributed by atoms with Gasteiger partial charge in [-0.2, -0.15) is 0 Å². The standard InChI is InChI=1S/C59H73ClN6O7S/c1-41-55(74-40-62-41)46-19-17-42(18-20-46)38-61-57(71)51-37-48(68)39-66(51)58(72)56(59(2,3)4)63-52(69)15-11-6-5-7-12-16-53(70)65-33-31-64(32-34-65)35-36-73-49-27-23-45(24-28-49)54(44-21-25-47(67)26-22-44)50(29-30-60)43-13-9-8-10-14-43/h8-10,13-14,17-28,40,48,51,56,67-68H,5-7,11-12,15-16,29-39H2,1-4H3,(H,61,71)(H,63,69)/t48-,51+,56?/m1/s1. The predicted molar refractivity (Wildman–Crippen MR) is 295 cm³/mol. The van der Waals surface area contributed by atoms with E-state index in [-0.39, 0.29) is 55.3 Å². The third kappa shape index (κ3) is 15.5. The third-order valence-electron chi connectivity index (χ3n) is 14.0. The molecule has 0 saturated carbocycles. The molecule has 4 amide bonds. The van der Waals surface area contributed by atoms with E-state index in [1.807, 2.05) is 105 Å². The van der Waals surface area contributed by atoms with Crippen molar-refractivity contribution >= 4 is 57.7 Å². The first-order valence-corrected chi connectivity index (χ1v) is 27.5. The van der Waals surface area contributed by atoms with E-state index >= 15 is 0 Å². The number of unbranched alkanes of at least 4 members (excludes halogenated alkanes) is 4. The largest absolute Gasteiger partial charge is 0.508 e. The molecule has 0 aliphatic carbocycles. The van der Waals surface area contributed by atoms with Crippen LogP contribution in [0.3, 0.4) is 0 Å². The number of alkyl halides is 1. The molecule has 4 aromatic carbocycles. The number of aromatic nitrogens is 1. The normalized spacial score (nSPS) is 16.9. The lowest BCUT2D eigenvalue weighted by atomic mass is 9.85. The molecule has 4 N–H and O–H groups in total. The molecule has 7 rings (SSSR count). The number of nitrogens with one attached hydrogen (secondary N) is 2. The van der Waals surface area contributed by atoms with Gasteiger partial charge >= 0.3 is 0 Å². The number of thiazole rings is 1. The number of amides is 4. The molecule has 394 valence electrons. The van der Waals surface area contributed by atoms with Crippen LogP contribution in [0.1, 0.15) is 107 Å². The van der Waals surface area contributed by atoms with Crippen molar-refractivity contribution < 1.29 is 34.1 Å². The number of halogens is 1. The molecule has 74 heavy (non-hydrogen) atoms. The van der Waals surface area contributed by atoms with E-state index in [0.717, 1.165) is 101 Å². The Morgan fingerprint density at radius 2 is 1.46 bits per heavy atom. The number of carbonyl (C=O) groups excluding carboxylic acids is 4. The number of ether oxygens (including phenoxy) is 1. The maximum Gasteiger partial charge on any atom is 0.246 e. The number of hydrogen-bond acceptors (Lipinski definition) is 10. The number of aromatic hydroxyl groups is 1. The van der Waals surface area contributed by atoms with E-state index in [4.69, 9.17) is 16.3 Å². The number of β-amino-alcohol motifs (C(OH)–C–C–N with tert-alkyl or cyclic N) is 1. The van der Waals surface area contributed by atoms with Crippen molar-refractivity contribution in [2.75, 3.05) is 51.8 Å². The highest BCUT2D eigenvalue weighted by atomic mass is 35.5. The fraction of sp³-hybridized carbons (Fsp3) is 0.441. The molecule has 3 atom stereocenters. The van der Waals surface area contributed by atoms with Gasteiger partial charge in [0.05, 0.1) is 22.2 Å². The molecule has 5 aromatic rings. The second-order valence-corrected chi connectivity index (χ2v) is 21.7. The number of nitrogens with zero attached hydrogens (tertiary/aromatic N) is 4. The summed E-state index contributed by atoms with van der Waals surface area (Å²) in [5.74, 6) is 0.708. The highest BCUT2D eigenvalue weighted by molar-refractivity contribution is 7.13. The summed E-state index contributed by atoms with van der Waals surface area (Å²) in [6.45, 7) is 12.2. The molecule has 0 bridgehead atoms. The summed E-state index contributed by atoms with van der Waals surface area (Å²) in [5, 5.41) is 26.5. The van der Waals surface area contributed by atoms with Crippen LogP contribution in [-0.2, 0) is 25.7 Å². The Kier molecular flexibility index (Phi) is 20.3. The number of piperazine rings is 1. The number of phenolic OH excluding ortho intramolecular Hbond substituents is 1. The van der Waals surface area contributed by atoms with E-state index in [2.05, 4.69) is 44.8 Å². The molecular formula is C59H73ClN6O7S. The average molecular weight is 1050 g/mol. The van der Waals surface area contributed by atoms with Gasteiger partial charge in [-0.15, -0.1) is 22.9 Å². The molecule has 13 nitrogen and oxygen atoms in total. The highest BCUT2D eigenvalue weighted by Gasteiger charge is 2.44. The molecule has 15 heteroatoms. The number of rotatable bonds is 23. The molecule has 2 saturated heterocycles. The molecule has 1 unspecified atom stereocenters. The first-order chi connectivity index (χ1) is 35.7. The van der Waals surface area contributed by atoms with Gasteiger partial charge in [0.1, 0.15) is 30.2 Å². The number of hydrogen-bond donors (Lipinski definition) is 4. The van der Waals surface area contributed by atoms with Gasteiger partial charge in [0, 0.05) is 71.0 Å². The molecule has 2 aliphatic rings. The van der Waals surface area contributed by atoms with Crippen LogP contribution in [0.5, 0.6) is 11.5 Å². The fourth-order valence-electron chi connectivity index (χ4n) is 9.79. The van der Waals surface area contributed by atoms with Crippen LogP contribution in [0.4, 0.5) is 0 Å². The predicted octanol–water partition coefficient (Wildman–Crippen LogP) is 9.47. The van der Waals surface area contributed by atoms with Gasteiger partial charge in [-0.1, -0.05) is 119 Å². The number of aliphatic hydroxyl groups excluding tert-OH is 1. The topological polar surface area (TPSA) is 165 Å². The zero-order valence-corrected chi connectivity index (χ0v) is 44.9. The number of benzene rings is 4. The van der Waals surface area contributed by atoms with Crippen LogP contribution < -0.4 is 15.4 Å². The Bertz CT molecular complexity index is 2650. The molecule has 3 heterocycles. The Morgan fingerprint density at radius 3 is 2.09 bits per heavy atom. The molecule has 2 fully saturated rings. The maximum atomic E-state index is 14.1. The smallest absolute Gasteiger partial charge is 0.246 e. The lowest BCUT2D eigenvalue weighted by molar-refractivity contribution is -0.144. The minimum atomic E-state index is -0.874. The van der Waals surface area contributed by atoms with E-state index in [1.165, 1.54) is 4.90 Å². The van der Waals surface area contributed by atoms with Crippen molar-refractivity contribution in [1.82, 2.24) is 30.3 Å². The second-order valence-electron chi connectivity index (χ2n) is 20.5. The van der Waals surface area contributed by atoms with Gasteiger partial charge in [-0.3, -0.25) is 24.1 Å². The molecule has 1 aromatic heterocycles. The summed E-state index contributed by atoms with van der Waals surface area (Å²) in [6.07, 6.45) is 4.80. The zero-order chi connectivity index (χ0) is 52.6. The first-order valence-electron chi connectivity index (χ1n) is 26.1. The first kappa shape index (κ1) is 55.7. The maximum absolute atomic E-state index is 14.1. The Morgan fingerprint density at radius 1 is 0.811 bits per heavy atom. The summed E-state index contributed by atoms with van der Waals surface area (Å²) < 4.78 is 6.19. The van der Waals surface area contributed by atoms with Crippen LogP contribution in [0, 0.1) is 12.3 Å². The summed E-state index contributed by atoms with van der Waals surface area (Å²) >= 11 is 7.91. The van der Waals surface area contributed by atoms with Crippen LogP contribution in [-0.4, -0.2) is 123 Å². The molecule has 0 radical (unpaired) electrons. The third-order valence-corrected chi connectivity index (χ3v) is 15.1. The van der Waals surface area contributed by atoms with Gasteiger partial charge < -0.3 is 35.4 Å². The van der Waals surface area contributed by atoms with E-state index in [0.29, 0.717) is 44.8 Å². The van der Waals surface area contributed by atoms with Crippen molar-refractivity contribution in [2.24, 2.45) is 5.41 Å². The Balaban J connectivity index is 0.775. The van der Waals surface area contributed by atoms with Crippen LogP contribution in [0.2, 0.25) is 0 Å². The number of phenols is 1. The average Bonchev–Trinajstić information content (AvgIpc) is 4.02. The van der Waals surface area contributed by atoms with E-state index in [1.54, 1.807) is 23.5 Å². The van der Waals surface area contributed by atoms with Crippen molar-refractivity contribution in [3.8, 4) is 21.9 Å². The summed E-state index contributed by atoms with van der Waals surface area (Å²) in [4.78, 5) is 65.0. The number of carbonyl (C=O) groups is 4. The van der Waals surface area contributed by atoms with Gasteiger partial charge in [0.15, 0.2) is 0 Å². The summed E-state index contributed by atoms with van der Waals surface area (Å²) in [5.41, 5.74) is 9.45. The quantitative estimate of drug-likeness (QED) is 0.0284. The van der Waals surface area contributed by atoms with Gasteiger partial charge in [-0.25, -0.2) is 4.98 Å². The van der Waals surface area contributed by atoms with E-state index < -0.39 is 23.6 Å².